The van der Waals surface area contributed by atoms with Crippen LogP contribution in [0.15, 0.2) is 119 Å². The van der Waals surface area contributed by atoms with Crippen molar-refractivity contribution in [2.24, 2.45) is 0 Å². The smallest absolute Gasteiger partial charge is 0.278 e. The van der Waals surface area contributed by atoms with Gasteiger partial charge in [0.1, 0.15) is 28.8 Å². The quantitative estimate of drug-likeness (QED) is 0.144. The number of aromatic nitrogens is 10. The summed E-state index contributed by atoms with van der Waals surface area (Å²) in [6.45, 7) is 17.6. The summed E-state index contributed by atoms with van der Waals surface area (Å²) in [6.07, 6.45) is 20.2. The average Bonchev–Trinajstić information content (AvgIpc) is 4.09. The average molecular weight is 1090 g/mol. The van der Waals surface area contributed by atoms with E-state index in [0.717, 1.165) is 86.6 Å². The van der Waals surface area contributed by atoms with Crippen LogP contribution < -0.4 is 46.3 Å². The van der Waals surface area contributed by atoms with Crippen molar-refractivity contribution < 1.29 is 14.3 Å². The van der Waals surface area contributed by atoms with Crippen LogP contribution in [0.5, 0.6) is 11.8 Å². The molecule has 0 radical (unpaired) electrons. The molecule has 0 saturated heterocycles. The van der Waals surface area contributed by atoms with Gasteiger partial charge in [0.25, 0.3) is 17.0 Å². The third kappa shape index (κ3) is 9.28. The minimum Gasteiger partial charge on any atom is -0.470 e. The highest BCUT2D eigenvalue weighted by molar-refractivity contribution is 5.97. The number of carbonyl (C=O) groups is 1. The molecule has 0 aliphatic carbocycles. The van der Waals surface area contributed by atoms with Gasteiger partial charge in [-0.05, 0) is 138 Å². The highest BCUT2D eigenvalue weighted by atomic mass is 16.5. The predicted octanol–water partition coefficient (Wildman–Crippen LogP) is 7.68. The molecule has 0 fully saturated rings. The maximum absolute atomic E-state index is 13.6. The van der Waals surface area contributed by atoms with Gasteiger partial charge in [-0.15, -0.1) is 0 Å². The van der Waals surface area contributed by atoms with E-state index in [1.165, 1.54) is 22.3 Å². The van der Waals surface area contributed by atoms with Gasteiger partial charge in [-0.1, -0.05) is 43.0 Å². The molecule has 1 amide bonds. The molecule has 6 aromatic heterocycles. The van der Waals surface area contributed by atoms with E-state index in [1.807, 2.05) is 41.1 Å². The topological polar surface area (TPSA) is 213 Å². The molecule has 2 aromatic carbocycles. The summed E-state index contributed by atoms with van der Waals surface area (Å²) in [7, 11) is 2.17. The van der Waals surface area contributed by atoms with Crippen molar-refractivity contribution >= 4 is 62.6 Å². The fourth-order valence-electron chi connectivity index (χ4n) is 11.8. The van der Waals surface area contributed by atoms with Gasteiger partial charge >= 0.3 is 0 Å². The molecule has 3 N–H and O–H groups in total. The Kier molecular flexibility index (Phi) is 12.9. The Morgan fingerprint density at radius 2 is 1.16 bits per heavy atom. The molecule has 14 rings (SSSR count). The Morgan fingerprint density at radius 3 is 1.77 bits per heavy atom. The largest absolute Gasteiger partial charge is 0.470 e. The van der Waals surface area contributed by atoms with Crippen LogP contribution in [0.25, 0.3) is 33.4 Å². The first-order valence-corrected chi connectivity index (χ1v) is 27.8. The van der Waals surface area contributed by atoms with Gasteiger partial charge in [0.05, 0.1) is 36.9 Å². The minimum atomic E-state index is -0.202. The van der Waals surface area contributed by atoms with Crippen LogP contribution in [0.2, 0.25) is 0 Å². The van der Waals surface area contributed by atoms with Crippen LogP contribution in [-0.2, 0) is 41.8 Å². The number of anilines is 6. The Balaban J connectivity index is 0.000000153. The van der Waals surface area contributed by atoms with E-state index in [4.69, 9.17) is 19.4 Å². The number of carbonyl (C=O) groups excluding carboxylic acids is 1. The number of likely N-dealkylation sites (N-methyl/N-ethyl adjacent to an activating group) is 1. The molecule has 6 aliphatic heterocycles. The van der Waals surface area contributed by atoms with Crippen molar-refractivity contribution in [3.05, 3.63) is 153 Å². The molecule has 0 saturated carbocycles. The first-order chi connectivity index (χ1) is 39.2. The van der Waals surface area contributed by atoms with E-state index < -0.39 is 0 Å². The molecule has 414 valence electrons. The van der Waals surface area contributed by atoms with Crippen LogP contribution >= 0.6 is 0 Å². The monoisotopic (exact) mass is 1090 g/mol. The molecule has 81 heavy (non-hydrogen) atoms. The highest BCUT2D eigenvalue weighted by Gasteiger charge is 2.34. The second-order valence-electron chi connectivity index (χ2n) is 22.4. The summed E-state index contributed by atoms with van der Waals surface area (Å²) >= 11 is 0. The maximum Gasteiger partial charge on any atom is 0.278 e. The van der Waals surface area contributed by atoms with E-state index in [9.17, 15) is 14.4 Å². The third-order valence-electron chi connectivity index (χ3n) is 16.5. The van der Waals surface area contributed by atoms with Crippen molar-refractivity contribution in [1.82, 2.24) is 58.8 Å². The number of ether oxygens (including phenoxy) is 2. The van der Waals surface area contributed by atoms with Gasteiger partial charge in [-0.25, -0.2) is 38.7 Å². The van der Waals surface area contributed by atoms with E-state index >= 15 is 0 Å². The van der Waals surface area contributed by atoms with E-state index in [1.54, 1.807) is 43.7 Å². The van der Waals surface area contributed by atoms with Crippen LogP contribution in [0.3, 0.4) is 0 Å². The van der Waals surface area contributed by atoms with Crippen LogP contribution in [0.1, 0.15) is 75.6 Å². The Hall–Kier alpha value is -8.95. The van der Waals surface area contributed by atoms with Gasteiger partial charge in [0.15, 0.2) is 17.9 Å². The van der Waals surface area contributed by atoms with Gasteiger partial charge in [0, 0.05) is 60.2 Å². The second kappa shape index (κ2) is 20.3. The molecule has 21 heteroatoms. The second-order valence-corrected chi connectivity index (χ2v) is 22.4. The first-order valence-electron chi connectivity index (χ1n) is 27.8. The maximum atomic E-state index is 13.6. The van der Waals surface area contributed by atoms with E-state index in [-0.39, 0.29) is 34.7 Å². The minimum absolute atomic E-state index is 0.0372. The lowest BCUT2D eigenvalue weighted by atomic mass is 9.83. The summed E-state index contributed by atoms with van der Waals surface area (Å²) in [4.78, 5) is 73.9. The summed E-state index contributed by atoms with van der Waals surface area (Å²) < 4.78 is 18.4. The number of nitrogens with one attached hydrogen (secondary N) is 3. The molecule has 6 aliphatic rings. The number of fused-ring (bicyclic) bond motifs is 12. The number of benzene rings is 2. The van der Waals surface area contributed by atoms with Crippen molar-refractivity contribution in [3.8, 4) is 23.1 Å². The fraction of sp³-hybridized carbons (Fsp3) is 0.350. The molecule has 4 bridgehead atoms. The zero-order valence-corrected chi connectivity index (χ0v) is 46.2. The molecule has 0 unspecified atom stereocenters. The van der Waals surface area contributed by atoms with Gasteiger partial charge in [0.2, 0.25) is 23.7 Å². The summed E-state index contributed by atoms with van der Waals surface area (Å²) in [5, 5.41) is 11.1. The standard InChI is InChI=1S/C31H34N8O2.C29H30N8O3/c1-20-19-41-28-26-16-23(17-32-28)39-27-24(29(40)38(39)13-8-6-5-7-12-37(20)26)18-33-30(35-27)34-22-10-9-21-11-14-36(4)31(2,3)25(21)15-22;1-29(2)22-13-19(8-7-18(22)9-10-32-29)33-28-31-16-21-25(34-28)37-20-14-23-26(30-15-20)40-17-24(38)35(23)11-5-3-4-6-12-36(37)27(21)39/h6,8-10,15-18H,1,5,7,11-14,19H2,2-4H3,(H,33,34,35);4,6-8,13-16,32H,3,5,9-12,17H2,1-2H3,(H,31,33,34). The Labute approximate surface area is 467 Å². The zero-order chi connectivity index (χ0) is 55.7. The number of hydrogen-bond acceptors (Lipinski definition) is 16. The van der Waals surface area contributed by atoms with E-state index in [2.05, 4.69) is 123 Å². The van der Waals surface area contributed by atoms with Gasteiger partial charge < -0.3 is 35.2 Å². The van der Waals surface area contributed by atoms with Crippen molar-refractivity contribution in [3.63, 3.8) is 0 Å². The zero-order valence-electron chi connectivity index (χ0n) is 46.2. The van der Waals surface area contributed by atoms with Crippen LogP contribution in [0, 0.1) is 0 Å². The Morgan fingerprint density at radius 1 is 0.617 bits per heavy atom. The molecular formula is C60H64N16O5. The van der Waals surface area contributed by atoms with Crippen molar-refractivity contribution in [2.45, 2.75) is 90.4 Å². The number of allylic oxidation sites excluding steroid dienone is 4. The lowest BCUT2D eigenvalue weighted by molar-refractivity contribution is -0.121. The fourth-order valence-corrected chi connectivity index (χ4v) is 11.8. The number of nitrogens with zero attached hydrogens (tertiary/aromatic N) is 13. The molecule has 0 spiro atoms. The van der Waals surface area contributed by atoms with Gasteiger partial charge in [-0.3, -0.25) is 19.3 Å². The van der Waals surface area contributed by atoms with Crippen molar-refractivity contribution in [1.29, 1.82) is 0 Å². The summed E-state index contributed by atoms with van der Waals surface area (Å²) in [6, 6.07) is 16.6. The van der Waals surface area contributed by atoms with E-state index in [0.29, 0.717) is 83.3 Å². The number of rotatable bonds is 4. The SMILES string of the molecule is C=C1COc2ncc3cc2N1CCCC=CCn1c(=O)c2cnc(Nc4ccc5c(c4)C(C)(C)N(C)CC5)nc2n1-3.CC1(C)NCCc2ccc(Nc3ncc4c(=O)n5n(c4n3)-c3cnc4c(c3)N(CCCC=CC5)C(=O)CO4)cc21. The highest BCUT2D eigenvalue weighted by Crippen LogP contribution is 2.39. The van der Waals surface area contributed by atoms with Crippen LogP contribution in [0.4, 0.5) is 34.6 Å². The lowest BCUT2D eigenvalue weighted by Gasteiger charge is -2.41. The summed E-state index contributed by atoms with van der Waals surface area (Å²) in [5.74, 6) is 1.66. The molecule has 21 nitrogen and oxygen atoms in total. The predicted molar refractivity (Wildman–Crippen MR) is 312 cm³/mol. The number of hydrogen-bond donors (Lipinski definition) is 3. The lowest BCUT2D eigenvalue weighted by Crippen LogP contribution is -2.43. The van der Waals surface area contributed by atoms with Gasteiger partial charge in [-0.2, -0.15) is 9.97 Å². The normalized spacial score (nSPS) is 18.0. The molecule has 0 atom stereocenters. The molecule has 12 heterocycles. The molecular weight excluding hydrogens is 1020 g/mol. The summed E-state index contributed by atoms with van der Waals surface area (Å²) in [5.41, 5.74) is 11.1. The number of pyridine rings is 2. The third-order valence-corrected chi connectivity index (χ3v) is 16.5. The number of amides is 1. The van der Waals surface area contributed by atoms with Crippen molar-refractivity contribution in [2.75, 3.05) is 66.9 Å². The van der Waals surface area contributed by atoms with Crippen LogP contribution in [-0.4, -0.2) is 106 Å². The first kappa shape index (κ1) is 51.5. The Bertz CT molecular complexity index is 4050. The molecule has 8 aromatic rings.